The molecule has 3 aromatic heterocycles. The van der Waals surface area contributed by atoms with Gasteiger partial charge >= 0.3 is 0 Å². The van der Waals surface area contributed by atoms with E-state index in [9.17, 15) is 9.59 Å². The molecule has 0 aromatic carbocycles. The number of thiophene rings is 1. The molecule has 0 bridgehead atoms. The van der Waals surface area contributed by atoms with Crippen LogP contribution in [-0.4, -0.2) is 26.4 Å². The van der Waals surface area contributed by atoms with E-state index in [2.05, 4.69) is 17.4 Å². The number of nitrogens with one attached hydrogen (secondary N) is 1. The highest BCUT2D eigenvalue weighted by Crippen LogP contribution is 2.35. The minimum absolute atomic E-state index is 0.0838. The zero-order valence-electron chi connectivity index (χ0n) is 17.3. The van der Waals surface area contributed by atoms with E-state index in [1.54, 1.807) is 24.3 Å². The van der Waals surface area contributed by atoms with Crippen LogP contribution in [0.3, 0.4) is 0 Å². The molecule has 30 heavy (non-hydrogen) atoms. The van der Waals surface area contributed by atoms with Gasteiger partial charge in [-0.2, -0.15) is 0 Å². The molecule has 0 aliphatic heterocycles. The molecule has 0 radical (unpaired) electrons. The maximum absolute atomic E-state index is 13.3. The number of nitrogens with zero attached hydrogens (tertiary/aromatic N) is 3. The number of anilines is 1. The first kappa shape index (κ1) is 21.1. The van der Waals surface area contributed by atoms with E-state index in [0.29, 0.717) is 35.5 Å². The molecule has 160 valence electrons. The lowest BCUT2D eigenvalue weighted by Crippen LogP contribution is -2.24. The van der Waals surface area contributed by atoms with Crippen molar-refractivity contribution in [3.8, 4) is 0 Å². The Balaban J connectivity index is 1.50. The lowest BCUT2D eigenvalue weighted by atomic mass is 10.2. The summed E-state index contributed by atoms with van der Waals surface area (Å²) in [6, 6.07) is 1.68. The van der Waals surface area contributed by atoms with Crippen LogP contribution in [0.5, 0.6) is 0 Å². The lowest BCUT2D eigenvalue weighted by molar-refractivity contribution is -0.115. The van der Waals surface area contributed by atoms with E-state index in [0.717, 1.165) is 48.7 Å². The van der Waals surface area contributed by atoms with Gasteiger partial charge in [0.25, 0.3) is 5.56 Å². The maximum Gasteiger partial charge on any atom is 0.263 e. The molecule has 9 heteroatoms. The number of carbonyl (C=O) groups excluding carboxylic acids is 1. The van der Waals surface area contributed by atoms with Gasteiger partial charge in [-0.1, -0.05) is 36.7 Å². The average molecular weight is 447 g/mol. The standard InChI is InChI=1S/C21H26N4O3S2/c1-3-4-5-10-25-20(27)18-14-7-6-8-15(14)30-19(18)23-21(25)29-11-9-17(26)22-16-12-13(2)28-24-16/h12H,3-11H2,1-2H3,(H,22,24,26). The van der Waals surface area contributed by atoms with Gasteiger partial charge in [0.15, 0.2) is 11.0 Å². The highest BCUT2D eigenvalue weighted by atomic mass is 32.2. The molecule has 0 spiro atoms. The Morgan fingerprint density at radius 1 is 1.37 bits per heavy atom. The van der Waals surface area contributed by atoms with Crippen LogP contribution in [0, 0.1) is 6.92 Å². The highest BCUT2D eigenvalue weighted by Gasteiger charge is 2.23. The summed E-state index contributed by atoms with van der Waals surface area (Å²) in [4.78, 5) is 32.5. The summed E-state index contributed by atoms with van der Waals surface area (Å²) in [5.41, 5.74) is 1.30. The van der Waals surface area contributed by atoms with Crippen LogP contribution in [-0.2, 0) is 24.2 Å². The van der Waals surface area contributed by atoms with Gasteiger partial charge in [-0.25, -0.2) is 4.98 Å². The second-order valence-corrected chi connectivity index (χ2v) is 9.71. The SMILES string of the molecule is CCCCCn1c(SCCC(=O)Nc2cc(C)on2)nc2sc3c(c2c1=O)CCC3. The number of hydrogen-bond donors (Lipinski definition) is 1. The Kier molecular flexibility index (Phi) is 6.58. The molecule has 4 rings (SSSR count). The fourth-order valence-corrected chi connectivity index (χ4v) is 6.02. The first-order chi connectivity index (χ1) is 14.6. The molecule has 1 amide bonds. The van der Waals surface area contributed by atoms with E-state index in [-0.39, 0.29) is 11.5 Å². The summed E-state index contributed by atoms with van der Waals surface area (Å²) in [5.74, 6) is 1.48. The zero-order valence-corrected chi connectivity index (χ0v) is 19.0. The largest absolute Gasteiger partial charge is 0.360 e. The molecule has 0 fully saturated rings. The summed E-state index contributed by atoms with van der Waals surface area (Å²) in [5, 5.41) is 8.05. The Bertz CT molecular complexity index is 1120. The van der Waals surface area contributed by atoms with Crippen LogP contribution < -0.4 is 10.9 Å². The summed E-state index contributed by atoms with van der Waals surface area (Å²) in [6.07, 6.45) is 6.60. The number of fused-ring (bicyclic) bond motifs is 3. The van der Waals surface area contributed by atoms with Crippen LogP contribution >= 0.6 is 23.1 Å². The number of aromatic nitrogens is 3. The molecule has 3 aromatic rings. The minimum Gasteiger partial charge on any atom is -0.360 e. The van der Waals surface area contributed by atoms with E-state index < -0.39 is 0 Å². The zero-order chi connectivity index (χ0) is 21.1. The van der Waals surface area contributed by atoms with Crippen LogP contribution in [0.1, 0.15) is 55.2 Å². The molecule has 0 saturated heterocycles. The van der Waals surface area contributed by atoms with E-state index in [4.69, 9.17) is 9.51 Å². The molecular weight excluding hydrogens is 420 g/mol. The fourth-order valence-electron chi connectivity index (χ4n) is 3.75. The van der Waals surface area contributed by atoms with Crippen LogP contribution in [0.25, 0.3) is 10.2 Å². The van der Waals surface area contributed by atoms with Crippen molar-refractivity contribution in [1.82, 2.24) is 14.7 Å². The van der Waals surface area contributed by atoms with Crippen molar-refractivity contribution >= 4 is 45.0 Å². The predicted molar refractivity (Wildman–Crippen MR) is 121 cm³/mol. The minimum atomic E-state index is -0.133. The topological polar surface area (TPSA) is 90.0 Å². The van der Waals surface area contributed by atoms with E-state index in [1.807, 2.05) is 4.57 Å². The Hall–Kier alpha value is -2.13. The van der Waals surface area contributed by atoms with Crippen LogP contribution in [0.2, 0.25) is 0 Å². The van der Waals surface area contributed by atoms with Crippen molar-refractivity contribution in [2.45, 2.75) is 70.5 Å². The van der Waals surface area contributed by atoms with Crippen LogP contribution in [0.15, 0.2) is 20.5 Å². The normalized spacial score (nSPS) is 13.1. The molecule has 0 unspecified atom stereocenters. The van der Waals surface area contributed by atoms with Gasteiger partial charge in [0.2, 0.25) is 5.91 Å². The number of carbonyl (C=O) groups is 1. The van der Waals surface area contributed by atoms with Crippen molar-refractivity contribution in [2.75, 3.05) is 11.1 Å². The number of unbranched alkanes of at least 4 members (excludes halogenated alkanes) is 2. The predicted octanol–water partition coefficient (Wildman–Crippen LogP) is 4.55. The van der Waals surface area contributed by atoms with Crippen molar-refractivity contribution in [1.29, 1.82) is 0 Å². The number of hydrogen-bond acceptors (Lipinski definition) is 7. The summed E-state index contributed by atoms with van der Waals surface area (Å²) < 4.78 is 6.79. The van der Waals surface area contributed by atoms with Crippen molar-refractivity contribution in [2.24, 2.45) is 0 Å². The van der Waals surface area contributed by atoms with Gasteiger partial charge in [0.1, 0.15) is 10.6 Å². The second kappa shape index (κ2) is 9.34. The van der Waals surface area contributed by atoms with Gasteiger partial charge in [0.05, 0.1) is 5.39 Å². The molecule has 0 atom stereocenters. The van der Waals surface area contributed by atoms with Crippen molar-refractivity contribution in [3.05, 3.63) is 32.6 Å². The third kappa shape index (κ3) is 4.46. The molecule has 7 nitrogen and oxygen atoms in total. The maximum atomic E-state index is 13.3. The first-order valence-corrected chi connectivity index (χ1v) is 12.3. The van der Waals surface area contributed by atoms with Gasteiger partial charge in [-0.05, 0) is 38.2 Å². The first-order valence-electron chi connectivity index (χ1n) is 10.5. The quantitative estimate of drug-likeness (QED) is 0.294. The van der Waals surface area contributed by atoms with Crippen molar-refractivity contribution in [3.63, 3.8) is 0 Å². The Morgan fingerprint density at radius 3 is 3.00 bits per heavy atom. The summed E-state index contributed by atoms with van der Waals surface area (Å²) in [7, 11) is 0. The third-order valence-electron chi connectivity index (χ3n) is 5.23. The second-order valence-electron chi connectivity index (χ2n) is 7.57. The van der Waals surface area contributed by atoms with E-state index >= 15 is 0 Å². The van der Waals surface area contributed by atoms with Gasteiger partial charge in [-0.15, -0.1) is 11.3 Å². The summed E-state index contributed by atoms with van der Waals surface area (Å²) in [6.45, 7) is 4.60. The molecule has 1 N–H and O–H groups in total. The lowest BCUT2D eigenvalue weighted by Gasteiger charge is -2.12. The average Bonchev–Trinajstić information content (AvgIpc) is 3.40. The molecule has 1 aliphatic rings. The van der Waals surface area contributed by atoms with Crippen molar-refractivity contribution < 1.29 is 9.32 Å². The van der Waals surface area contributed by atoms with Crippen LogP contribution in [0.4, 0.5) is 5.82 Å². The number of rotatable bonds is 9. The monoisotopic (exact) mass is 446 g/mol. The molecule has 0 saturated carbocycles. The number of thioether (sulfide) groups is 1. The number of amides is 1. The Labute approximate surface area is 183 Å². The Morgan fingerprint density at radius 2 is 2.23 bits per heavy atom. The number of aryl methyl sites for hydroxylation is 3. The smallest absolute Gasteiger partial charge is 0.263 e. The van der Waals surface area contributed by atoms with Gasteiger partial charge in [0, 0.05) is 29.7 Å². The third-order valence-corrected chi connectivity index (χ3v) is 7.39. The highest BCUT2D eigenvalue weighted by molar-refractivity contribution is 7.99. The molecular formula is C21H26N4O3S2. The van der Waals surface area contributed by atoms with Gasteiger partial charge < -0.3 is 9.84 Å². The fraction of sp³-hybridized carbons (Fsp3) is 0.524. The molecule has 3 heterocycles. The summed E-state index contributed by atoms with van der Waals surface area (Å²) >= 11 is 3.13. The van der Waals surface area contributed by atoms with E-state index in [1.165, 1.54) is 22.2 Å². The van der Waals surface area contributed by atoms with Gasteiger partial charge in [-0.3, -0.25) is 14.2 Å². The molecule has 1 aliphatic carbocycles.